The van der Waals surface area contributed by atoms with E-state index in [0.717, 1.165) is 23.2 Å². The average Bonchev–Trinajstić information content (AvgIpc) is 2.83. The fourth-order valence-corrected chi connectivity index (χ4v) is 2.38. The second-order valence-electron chi connectivity index (χ2n) is 4.44. The molecule has 0 aliphatic carbocycles. The highest BCUT2D eigenvalue weighted by Gasteiger charge is 2.27. The van der Waals surface area contributed by atoms with Crippen molar-refractivity contribution >= 4 is 16.9 Å². The third kappa shape index (κ3) is 1.91. The predicted molar refractivity (Wildman–Crippen MR) is 68.9 cm³/mol. The van der Waals surface area contributed by atoms with E-state index in [1.54, 1.807) is 6.20 Å². The summed E-state index contributed by atoms with van der Waals surface area (Å²) in [6.07, 6.45) is 1.80. The van der Waals surface area contributed by atoms with Crippen molar-refractivity contribution in [2.45, 2.75) is 13.0 Å². The van der Waals surface area contributed by atoms with Gasteiger partial charge in [-0.1, -0.05) is 0 Å². The molecule has 1 unspecified atom stereocenters. The van der Waals surface area contributed by atoms with E-state index in [-0.39, 0.29) is 11.9 Å². The normalized spacial score (nSPS) is 19.5. The number of hydrogen-bond donors (Lipinski definition) is 3. The Balaban J connectivity index is 2.12. The molecule has 1 fully saturated rings. The molecule has 0 aromatic carbocycles. The van der Waals surface area contributed by atoms with Crippen molar-refractivity contribution in [2.24, 2.45) is 0 Å². The SMILES string of the molecule is COc1nc(C)c2c(C3NCCNC3=O)c[nH]c2n1. The van der Waals surface area contributed by atoms with Gasteiger partial charge in [0.15, 0.2) is 0 Å². The van der Waals surface area contributed by atoms with Crippen LogP contribution < -0.4 is 15.4 Å². The van der Waals surface area contributed by atoms with E-state index in [0.29, 0.717) is 18.2 Å². The Labute approximate surface area is 109 Å². The molecule has 0 saturated carbocycles. The number of carbonyl (C=O) groups is 1. The summed E-state index contributed by atoms with van der Waals surface area (Å²) in [6, 6.07) is -0.0438. The van der Waals surface area contributed by atoms with E-state index in [2.05, 4.69) is 25.6 Å². The lowest BCUT2D eigenvalue weighted by Gasteiger charge is -2.23. The Morgan fingerprint density at radius 1 is 1.37 bits per heavy atom. The summed E-state index contributed by atoms with van der Waals surface area (Å²) in [5, 5.41) is 6.92. The molecule has 1 atom stereocenters. The first kappa shape index (κ1) is 11.9. The van der Waals surface area contributed by atoms with Gasteiger partial charge in [-0.3, -0.25) is 4.79 Å². The van der Waals surface area contributed by atoms with Crippen LogP contribution in [0.25, 0.3) is 11.0 Å². The van der Waals surface area contributed by atoms with E-state index in [1.165, 1.54) is 7.11 Å². The first-order chi connectivity index (χ1) is 9.20. The summed E-state index contributed by atoms with van der Waals surface area (Å²) in [6.45, 7) is 3.28. The van der Waals surface area contributed by atoms with Gasteiger partial charge in [0, 0.05) is 30.2 Å². The van der Waals surface area contributed by atoms with Crippen LogP contribution in [0.3, 0.4) is 0 Å². The highest BCUT2D eigenvalue weighted by atomic mass is 16.5. The minimum Gasteiger partial charge on any atom is -0.467 e. The quantitative estimate of drug-likeness (QED) is 0.709. The maximum Gasteiger partial charge on any atom is 0.318 e. The lowest BCUT2D eigenvalue weighted by atomic mass is 10.0. The molecule has 1 aliphatic rings. The van der Waals surface area contributed by atoms with Crippen molar-refractivity contribution in [3.8, 4) is 6.01 Å². The van der Waals surface area contributed by atoms with Gasteiger partial charge in [-0.2, -0.15) is 9.97 Å². The molecule has 0 radical (unpaired) electrons. The van der Waals surface area contributed by atoms with E-state index in [4.69, 9.17) is 4.74 Å². The molecular weight excluding hydrogens is 246 g/mol. The maximum absolute atomic E-state index is 11.9. The summed E-state index contributed by atoms with van der Waals surface area (Å²) in [7, 11) is 1.53. The zero-order valence-electron chi connectivity index (χ0n) is 10.8. The number of aryl methyl sites for hydroxylation is 1. The van der Waals surface area contributed by atoms with E-state index >= 15 is 0 Å². The van der Waals surface area contributed by atoms with Crippen molar-refractivity contribution in [3.05, 3.63) is 17.5 Å². The number of methoxy groups -OCH3 is 1. The van der Waals surface area contributed by atoms with Crippen LogP contribution in [0.2, 0.25) is 0 Å². The van der Waals surface area contributed by atoms with E-state index in [9.17, 15) is 4.79 Å². The lowest BCUT2D eigenvalue weighted by molar-refractivity contribution is -0.124. The van der Waals surface area contributed by atoms with Crippen LogP contribution in [-0.2, 0) is 4.79 Å². The minimum atomic E-state index is -0.363. The zero-order chi connectivity index (χ0) is 13.4. The molecule has 7 heteroatoms. The smallest absolute Gasteiger partial charge is 0.318 e. The molecule has 0 bridgehead atoms. The van der Waals surface area contributed by atoms with Crippen LogP contribution in [0.4, 0.5) is 0 Å². The summed E-state index contributed by atoms with van der Waals surface area (Å²) in [5.41, 5.74) is 2.34. The molecule has 2 aromatic rings. The number of hydrogen-bond acceptors (Lipinski definition) is 5. The van der Waals surface area contributed by atoms with Crippen LogP contribution in [0.5, 0.6) is 6.01 Å². The monoisotopic (exact) mass is 261 g/mol. The second-order valence-corrected chi connectivity index (χ2v) is 4.44. The Hall–Kier alpha value is -2.15. The third-order valence-electron chi connectivity index (χ3n) is 3.25. The van der Waals surface area contributed by atoms with E-state index in [1.807, 2.05) is 6.92 Å². The molecule has 3 heterocycles. The molecule has 3 rings (SSSR count). The van der Waals surface area contributed by atoms with Gasteiger partial charge in [0.1, 0.15) is 11.7 Å². The number of rotatable bonds is 2. The zero-order valence-corrected chi connectivity index (χ0v) is 10.8. The summed E-state index contributed by atoms with van der Waals surface area (Å²) < 4.78 is 5.04. The number of amides is 1. The van der Waals surface area contributed by atoms with Gasteiger partial charge in [-0.25, -0.2) is 0 Å². The van der Waals surface area contributed by atoms with Crippen molar-refractivity contribution in [3.63, 3.8) is 0 Å². The molecule has 1 aliphatic heterocycles. The molecule has 19 heavy (non-hydrogen) atoms. The Morgan fingerprint density at radius 3 is 2.95 bits per heavy atom. The maximum atomic E-state index is 11.9. The highest BCUT2D eigenvalue weighted by molar-refractivity contribution is 5.92. The lowest BCUT2D eigenvalue weighted by Crippen LogP contribution is -2.47. The number of H-pyrrole nitrogens is 1. The van der Waals surface area contributed by atoms with Gasteiger partial charge in [-0.15, -0.1) is 0 Å². The Bertz CT molecular complexity index is 636. The van der Waals surface area contributed by atoms with Gasteiger partial charge in [0.25, 0.3) is 0 Å². The molecular formula is C12H15N5O2. The first-order valence-electron chi connectivity index (χ1n) is 6.11. The van der Waals surface area contributed by atoms with Gasteiger partial charge >= 0.3 is 6.01 Å². The molecule has 3 N–H and O–H groups in total. The molecule has 1 saturated heterocycles. The van der Waals surface area contributed by atoms with Crippen LogP contribution in [0, 0.1) is 6.92 Å². The molecule has 1 amide bonds. The number of aromatic amines is 1. The fourth-order valence-electron chi connectivity index (χ4n) is 2.38. The van der Waals surface area contributed by atoms with Crippen LogP contribution in [-0.4, -0.2) is 41.1 Å². The Kier molecular flexibility index (Phi) is 2.83. The second kappa shape index (κ2) is 4.51. The summed E-state index contributed by atoms with van der Waals surface area (Å²) in [4.78, 5) is 23.5. The first-order valence-corrected chi connectivity index (χ1v) is 6.11. The van der Waals surface area contributed by atoms with Crippen LogP contribution >= 0.6 is 0 Å². The number of nitrogens with one attached hydrogen (secondary N) is 3. The van der Waals surface area contributed by atoms with Crippen molar-refractivity contribution in [2.75, 3.05) is 20.2 Å². The van der Waals surface area contributed by atoms with Gasteiger partial charge in [0.05, 0.1) is 12.8 Å². The van der Waals surface area contributed by atoms with Crippen LogP contribution in [0.1, 0.15) is 17.3 Å². The van der Waals surface area contributed by atoms with Gasteiger partial charge in [0.2, 0.25) is 5.91 Å². The number of aromatic nitrogens is 3. The third-order valence-corrected chi connectivity index (χ3v) is 3.25. The number of fused-ring (bicyclic) bond motifs is 1. The Morgan fingerprint density at radius 2 is 2.21 bits per heavy atom. The molecule has 2 aromatic heterocycles. The van der Waals surface area contributed by atoms with Gasteiger partial charge < -0.3 is 20.4 Å². The number of ether oxygens (including phenoxy) is 1. The molecule has 100 valence electrons. The number of carbonyl (C=O) groups excluding carboxylic acids is 1. The van der Waals surface area contributed by atoms with Crippen molar-refractivity contribution in [1.29, 1.82) is 0 Å². The van der Waals surface area contributed by atoms with Crippen LogP contribution in [0.15, 0.2) is 6.20 Å². The summed E-state index contributed by atoms with van der Waals surface area (Å²) in [5.74, 6) is -0.0256. The number of nitrogens with zero attached hydrogens (tertiary/aromatic N) is 2. The minimum absolute atomic E-state index is 0.0256. The van der Waals surface area contributed by atoms with E-state index < -0.39 is 0 Å². The predicted octanol–water partition coefficient (Wildman–Crippen LogP) is 0.0354. The molecule has 7 nitrogen and oxygen atoms in total. The standard InChI is InChI=1S/C12H15N5O2/c1-6-8-7(9-11(18)14-4-3-13-9)5-15-10(8)17-12(16-6)19-2/h5,9,13H,3-4H2,1-2H3,(H,14,18)(H,15,16,17). The van der Waals surface area contributed by atoms with Crippen molar-refractivity contribution < 1.29 is 9.53 Å². The fraction of sp³-hybridized carbons (Fsp3) is 0.417. The van der Waals surface area contributed by atoms with Crippen molar-refractivity contribution in [1.82, 2.24) is 25.6 Å². The number of piperazine rings is 1. The highest BCUT2D eigenvalue weighted by Crippen LogP contribution is 2.27. The van der Waals surface area contributed by atoms with Gasteiger partial charge in [-0.05, 0) is 6.92 Å². The topological polar surface area (TPSA) is 91.9 Å². The summed E-state index contributed by atoms with van der Waals surface area (Å²) >= 11 is 0. The molecule has 0 spiro atoms. The largest absolute Gasteiger partial charge is 0.467 e. The average molecular weight is 261 g/mol.